The van der Waals surface area contributed by atoms with Crippen LogP contribution in [0, 0.1) is 0 Å². The van der Waals surface area contributed by atoms with Gasteiger partial charge >= 0.3 is 0 Å². The summed E-state index contributed by atoms with van der Waals surface area (Å²) in [6.45, 7) is 0. The lowest BCUT2D eigenvalue weighted by atomic mass is 9.84. The number of nitrogens with zero attached hydrogens (tertiary/aromatic N) is 1. The van der Waals surface area contributed by atoms with Gasteiger partial charge in [0, 0.05) is 38.4 Å². The molecule has 11 rings (SSSR count). The molecule has 0 bridgehead atoms. The zero-order valence-electron chi connectivity index (χ0n) is 26.4. The zero-order chi connectivity index (χ0) is 32.1. The van der Waals surface area contributed by atoms with Crippen molar-refractivity contribution in [2.24, 2.45) is 0 Å². The molecule has 0 N–H and O–H groups in total. The summed E-state index contributed by atoms with van der Waals surface area (Å²) in [6.07, 6.45) is 1.73. The molecule has 0 radical (unpaired) electrons. The molecule has 0 amide bonds. The molecule has 0 unspecified atom stereocenters. The van der Waals surface area contributed by atoms with Gasteiger partial charge in [-0.2, -0.15) is 0 Å². The van der Waals surface area contributed by atoms with Crippen LogP contribution in [-0.2, 0) is 0 Å². The van der Waals surface area contributed by atoms with Gasteiger partial charge in [-0.25, -0.2) is 0 Å². The average Bonchev–Trinajstić information content (AvgIpc) is 3.88. The first-order valence-electron chi connectivity index (χ1n) is 16.7. The van der Waals surface area contributed by atoms with Crippen LogP contribution < -0.4 is 0 Å². The van der Waals surface area contributed by atoms with Crippen LogP contribution in [0.15, 0.2) is 173 Å². The Bertz CT molecular complexity index is 3050. The molecule has 11 aromatic rings. The van der Waals surface area contributed by atoms with Crippen LogP contribution >= 0.6 is 0 Å². The number of hydrogen-bond acceptors (Lipinski definition) is 2. The Labute approximate surface area is 280 Å². The summed E-state index contributed by atoms with van der Waals surface area (Å²) in [5.74, 6) is 0. The van der Waals surface area contributed by atoms with Crippen LogP contribution in [0.1, 0.15) is 0 Å². The lowest BCUT2D eigenvalue weighted by Crippen LogP contribution is -1.94. The van der Waals surface area contributed by atoms with Gasteiger partial charge in [0.15, 0.2) is 0 Å². The lowest BCUT2D eigenvalue weighted by Gasteiger charge is -2.18. The Morgan fingerprint density at radius 2 is 0.939 bits per heavy atom. The maximum absolute atomic E-state index is 6.81. The fourth-order valence-electron chi connectivity index (χ4n) is 8.29. The van der Waals surface area contributed by atoms with E-state index in [1.165, 1.54) is 60.0 Å². The highest BCUT2D eigenvalue weighted by Crippen LogP contribution is 2.49. The van der Waals surface area contributed by atoms with E-state index in [1.54, 1.807) is 6.26 Å². The van der Waals surface area contributed by atoms with Gasteiger partial charge in [0.05, 0.1) is 22.7 Å². The fourth-order valence-corrected chi connectivity index (χ4v) is 8.29. The van der Waals surface area contributed by atoms with Gasteiger partial charge in [-0.15, -0.1) is 0 Å². The van der Waals surface area contributed by atoms with Gasteiger partial charge < -0.3 is 13.4 Å². The predicted octanol–water partition coefficient (Wildman–Crippen LogP) is 13.1. The highest BCUT2D eigenvalue weighted by atomic mass is 16.3. The van der Waals surface area contributed by atoms with Crippen molar-refractivity contribution in [1.82, 2.24) is 4.57 Å². The molecule has 0 atom stereocenters. The van der Waals surface area contributed by atoms with Gasteiger partial charge in [-0.05, 0) is 75.1 Å². The van der Waals surface area contributed by atoms with Gasteiger partial charge in [-0.3, -0.25) is 0 Å². The van der Waals surface area contributed by atoms with Crippen molar-refractivity contribution < 1.29 is 8.83 Å². The van der Waals surface area contributed by atoms with Crippen molar-refractivity contribution >= 4 is 76.3 Å². The normalized spacial score (nSPS) is 12.1. The summed E-state index contributed by atoms with van der Waals surface area (Å²) in [7, 11) is 0. The SMILES string of the molecule is c1ccc(-n2c3ccccc3c3c(-c4c5ccccc5c(-c5cccc6c5oc5c7ccoc7ccc65)c5ccccc45)cccc32)cc1. The maximum atomic E-state index is 6.81. The molecule has 3 heterocycles. The number of hydrogen-bond donors (Lipinski definition) is 0. The van der Waals surface area contributed by atoms with E-state index in [0.717, 1.165) is 44.2 Å². The van der Waals surface area contributed by atoms with E-state index >= 15 is 0 Å². The van der Waals surface area contributed by atoms with Gasteiger partial charge in [0.2, 0.25) is 0 Å². The summed E-state index contributed by atoms with van der Waals surface area (Å²) in [6, 6.07) is 56.6. The average molecular weight is 626 g/mol. The van der Waals surface area contributed by atoms with E-state index in [4.69, 9.17) is 8.83 Å². The molecule has 8 aromatic carbocycles. The van der Waals surface area contributed by atoms with Gasteiger partial charge in [0.25, 0.3) is 0 Å². The summed E-state index contributed by atoms with van der Waals surface area (Å²) < 4.78 is 14.9. The quantitative estimate of drug-likeness (QED) is 0.183. The molecule has 3 heteroatoms. The Morgan fingerprint density at radius 3 is 1.69 bits per heavy atom. The molecule has 0 fully saturated rings. The van der Waals surface area contributed by atoms with Crippen LogP contribution in [0.2, 0.25) is 0 Å². The lowest BCUT2D eigenvalue weighted by molar-refractivity contribution is 0.615. The number of fused-ring (bicyclic) bond motifs is 10. The molecule has 0 saturated heterocycles. The summed E-state index contributed by atoms with van der Waals surface area (Å²) in [5.41, 5.74) is 10.9. The minimum Gasteiger partial charge on any atom is -0.464 e. The van der Waals surface area contributed by atoms with Crippen molar-refractivity contribution in [3.8, 4) is 27.9 Å². The first kappa shape index (κ1) is 26.5. The first-order chi connectivity index (χ1) is 24.3. The molecule has 0 saturated carbocycles. The van der Waals surface area contributed by atoms with Crippen LogP contribution in [0.25, 0.3) is 104 Å². The smallest absolute Gasteiger partial charge is 0.146 e. The fraction of sp³-hybridized carbons (Fsp3) is 0. The Hall–Kier alpha value is -6.58. The molecule has 0 spiro atoms. The standard InChI is InChI=1S/C46H27NO2/c1-2-12-28(13-3-1)47-39-22-9-8-18-35(39)44-37(20-11-23-40(44)47)42-29-14-4-6-16-31(29)43(32-17-7-5-15-30(32)42)38-21-10-19-33-34-24-25-41-36(26-27-48-41)45(34)49-46(33)38/h1-27H. The topological polar surface area (TPSA) is 31.2 Å². The van der Waals surface area contributed by atoms with E-state index < -0.39 is 0 Å². The second-order valence-corrected chi connectivity index (χ2v) is 12.8. The van der Waals surface area contributed by atoms with Gasteiger partial charge in [0.1, 0.15) is 16.7 Å². The monoisotopic (exact) mass is 625 g/mol. The molecule has 3 aromatic heterocycles. The molecule has 0 aliphatic carbocycles. The predicted molar refractivity (Wildman–Crippen MR) is 204 cm³/mol. The van der Waals surface area contributed by atoms with Crippen LogP contribution in [-0.4, -0.2) is 4.57 Å². The van der Waals surface area contributed by atoms with Crippen LogP contribution in [0.4, 0.5) is 0 Å². The third-order valence-corrected chi connectivity index (χ3v) is 10.3. The number of para-hydroxylation sites is 3. The van der Waals surface area contributed by atoms with E-state index in [-0.39, 0.29) is 0 Å². The number of furan rings is 2. The Kier molecular flexibility index (Phi) is 5.38. The van der Waals surface area contributed by atoms with Crippen molar-refractivity contribution in [1.29, 1.82) is 0 Å². The second-order valence-electron chi connectivity index (χ2n) is 12.8. The largest absolute Gasteiger partial charge is 0.464 e. The van der Waals surface area contributed by atoms with Gasteiger partial charge in [-0.1, -0.05) is 115 Å². The minimum atomic E-state index is 0.830. The van der Waals surface area contributed by atoms with Crippen LogP contribution in [0.5, 0.6) is 0 Å². The third-order valence-electron chi connectivity index (χ3n) is 10.3. The van der Waals surface area contributed by atoms with E-state index in [1.807, 2.05) is 12.1 Å². The number of benzene rings is 8. The van der Waals surface area contributed by atoms with Crippen LogP contribution in [0.3, 0.4) is 0 Å². The molecule has 228 valence electrons. The van der Waals surface area contributed by atoms with E-state index in [2.05, 4.69) is 150 Å². The molecule has 0 aliphatic rings. The maximum Gasteiger partial charge on any atom is 0.146 e. The molecule has 0 aliphatic heterocycles. The van der Waals surface area contributed by atoms with Crippen molar-refractivity contribution in [3.05, 3.63) is 164 Å². The van der Waals surface area contributed by atoms with Crippen molar-refractivity contribution in [2.45, 2.75) is 0 Å². The van der Waals surface area contributed by atoms with Crippen molar-refractivity contribution in [2.75, 3.05) is 0 Å². The Morgan fingerprint density at radius 1 is 0.367 bits per heavy atom. The first-order valence-corrected chi connectivity index (χ1v) is 16.7. The summed E-state index contributed by atoms with van der Waals surface area (Å²) in [5, 5.41) is 10.5. The number of rotatable bonds is 3. The van der Waals surface area contributed by atoms with Crippen molar-refractivity contribution in [3.63, 3.8) is 0 Å². The Balaban J connectivity index is 1.28. The minimum absolute atomic E-state index is 0.830. The molecule has 49 heavy (non-hydrogen) atoms. The highest BCUT2D eigenvalue weighted by Gasteiger charge is 2.23. The zero-order valence-corrected chi connectivity index (χ0v) is 26.4. The third kappa shape index (κ3) is 3.62. The second kappa shape index (κ2) is 9.96. The summed E-state index contributed by atoms with van der Waals surface area (Å²) >= 11 is 0. The molecular weight excluding hydrogens is 599 g/mol. The van der Waals surface area contributed by atoms with E-state index in [9.17, 15) is 0 Å². The highest BCUT2D eigenvalue weighted by molar-refractivity contribution is 6.28. The summed E-state index contributed by atoms with van der Waals surface area (Å²) in [4.78, 5) is 0. The van der Waals surface area contributed by atoms with E-state index in [0.29, 0.717) is 0 Å². The number of aromatic nitrogens is 1. The molecule has 3 nitrogen and oxygen atoms in total. The molecular formula is C46H27NO2.